The van der Waals surface area contributed by atoms with Gasteiger partial charge >= 0.3 is 6.09 Å². The van der Waals surface area contributed by atoms with Crippen LogP contribution in [0.2, 0.25) is 0 Å². The summed E-state index contributed by atoms with van der Waals surface area (Å²) in [5.41, 5.74) is 0.867. The van der Waals surface area contributed by atoms with E-state index in [4.69, 9.17) is 14.2 Å². The molecule has 27 heavy (non-hydrogen) atoms. The van der Waals surface area contributed by atoms with Crippen molar-refractivity contribution in [1.29, 1.82) is 0 Å². The summed E-state index contributed by atoms with van der Waals surface area (Å²) < 4.78 is 16.4. The molecular weight excluding hydrogens is 348 g/mol. The Morgan fingerprint density at radius 1 is 1.22 bits per heavy atom. The number of aryl methyl sites for hydroxylation is 1. The summed E-state index contributed by atoms with van der Waals surface area (Å²) in [6, 6.07) is 1.53. The molecule has 0 radical (unpaired) electrons. The quantitative estimate of drug-likeness (QED) is 0.755. The van der Waals surface area contributed by atoms with Gasteiger partial charge in [-0.1, -0.05) is 0 Å². The van der Waals surface area contributed by atoms with Crippen LogP contribution in [-0.4, -0.2) is 59.8 Å². The number of carbonyl (C=O) groups excluding carboxylic acids is 2. The number of fused-ring (bicyclic) bond motifs is 2. The van der Waals surface area contributed by atoms with Gasteiger partial charge in [0, 0.05) is 23.2 Å². The van der Waals surface area contributed by atoms with E-state index >= 15 is 0 Å². The Bertz CT molecular complexity index is 714. The molecule has 7 heteroatoms. The molecule has 3 heterocycles. The maximum absolute atomic E-state index is 13.0. The molecule has 2 aliphatic rings. The number of hydrogen-bond donors (Lipinski definition) is 0. The predicted molar refractivity (Wildman–Crippen MR) is 99.0 cm³/mol. The number of morpholine rings is 1. The molecule has 1 aromatic rings. The Balaban J connectivity index is 1.75. The number of ether oxygens (including phenoxy) is 3. The van der Waals surface area contributed by atoms with Crippen molar-refractivity contribution in [2.75, 3.05) is 20.3 Å². The highest BCUT2D eigenvalue weighted by atomic mass is 16.6. The van der Waals surface area contributed by atoms with Crippen molar-refractivity contribution in [3.63, 3.8) is 0 Å². The highest BCUT2D eigenvalue weighted by Gasteiger charge is 2.45. The van der Waals surface area contributed by atoms with E-state index in [-0.39, 0.29) is 29.9 Å². The van der Waals surface area contributed by atoms with E-state index in [2.05, 4.69) is 4.98 Å². The van der Waals surface area contributed by atoms with Gasteiger partial charge in [0.15, 0.2) is 5.78 Å². The molecule has 1 aromatic heterocycles. The van der Waals surface area contributed by atoms with Crippen LogP contribution >= 0.6 is 0 Å². The van der Waals surface area contributed by atoms with Crippen LogP contribution in [0.4, 0.5) is 4.79 Å². The molecule has 0 aliphatic carbocycles. The minimum atomic E-state index is -0.550. The van der Waals surface area contributed by atoms with Gasteiger partial charge in [0.1, 0.15) is 5.60 Å². The van der Waals surface area contributed by atoms with Crippen LogP contribution < -0.4 is 4.74 Å². The second kappa shape index (κ2) is 7.46. The number of aromatic nitrogens is 1. The normalized spacial score (nSPS) is 25.1. The minimum Gasteiger partial charge on any atom is -0.481 e. The lowest BCUT2D eigenvalue weighted by Gasteiger charge is -2.47. The highest BCUT2D eigenvalue weighted by Crippen LogP contribution is 2.35. The van der Waals surface area contributed by atoms with E-state index < -0.39 is 5.60 Å². The predicted octanol–water partition coefficient (Wildman–Crippen LogP) is 3.00. The molecule has 0 aromatic carbocycles. The van der Waals surface area contributed by atoms with Gasteiger partial charge in [-0.25, -0.2) is 9.78 Å². The van der Waals surface area contributed by atoms with Gasteiger partial charge in [0.2, 0.25) is 5.88 Å². The van der Waals surface area contributed by atoms with E-state index in [1.54, 1.807) is 18.2 Å². The molecule has 2 unspecified atom stereocenters. The Labute approximate surface area is 160 Å². The molecule has 2 atom stereocenters. The molecule has 0 saturated carbocycles. The topological polar surface area (TPSA) is 78.0 Å². The molecule has 2 bridgehead atoms. The van der Waals surface area contributed by atoms with Gasteiger partial charge in [-0.2, -0.15) is 0 Å². The largest absolute Gasteiger partial charge is 0.481 e. The van der Waals surface area contributed by atoms with Crippen molar-refractivity contribution in [3.8, 4) is 5.88 Å². The van der Waals surface area contributed by atoms with Crippen LogP contribution in [0.3, 0.4) is 0 Å². The van der Waals surface area contributed by atoms with E-state index in [0.717, 1.165) is 5.56 Å². The second-order valence-corrected chi connectivity index (χ2v) is 8.32. The molecule has 3 rings (SSSR count). The fourth-order valence-corrected chi connectivity index (χ4v) is 3.89. The van der Waals surface area contributed by atoms with Gasteiger partial charge < -0.3 is 14.2 Å². The third-order valence-corrected chi connectivity index (χ3v) is 5.00. The van der Waals surface area contributed by atoms with Crippen molar-refractivity contribution in [1.82, 2.24) is 9.88 Å². The van der Waals surface area contributed by atoms with E-state index in [1.807, 2.05) is 33.8 Å². The number of carbonyl (C=O) groups is 2. The van der Waals surface area contributed by atoms with Gasteiger partial charge in [-0.3, -0.25) is 9.69 Å². The van der Waals surface area contributed by atoms with E-state index in [0.29, 0.717) is 37.5 Å². The molecule has 148 valence electrons. The third-order valence-electron chi connectivity index (χ3n) is 5.00. The van der Waals surface area contributed by atoms with Crippen LogP contribution in [0, 0.1) is 12.8 Å². The first kappa shape index (κ1) is 19.6. The second-order valence-electron chi connectivity index (χ2n) is 8.32. The fraction of sp³-hybridized carbons (Fsp3) is 0.650. The Hall–Kier alpha value is -2.15. The van der Waals surface area contributed by atoms with Crippen molar-refractivity contribution in [2.45, 2.75) is 58.2 Å². The van der Waals surface area contributed by atoms with Crippen molar-refractivity contribution in [2.24, 2.45) is 5.92 Å². The van der Waals surface area contributed by atoms with Crippen LogP contribution in [0.5, 0.6) is 5.88 Å². The average molecular weight is 376 g/mol. The van der Waals surface area contributed by atoms with E-state index in [9.17, 15) is 9.59 Å². The summed E-state index contributed by atoms with van der Waals surface area (Å²) in [6.07, 6.45) is 2.38. The lowest BCUT2D eigenvalue weighted by atomic mass is 9.81. The number of ketones is 1. The van der Waals surface area contributed by atoms with Crippen LogP contribution in [0.25, 0.3) is 0 Å². The highest BCUT2D eigenvalue weighted by molar-refractivity contribution is 5.98. The zero-order valence-electron chi connectivity index (χ0n) is 16.7. The number of nitrogens with zero attached hydrogens (tertiary/aromatic N) is 2. The van der Waals surface area contributed by atoms with Gasteiger partial charge in [-0.15, -0.1) is 0 Å². The number of hydrogen-bond acceptors (Lipinski definition) is 6. The maximum atomic E-state index is 13.0. The standard InChI is InChI=1S/C20H28N2O5/c1-12-6-14(9-21-18(12)25-5)17(23)13-7-15-10-26-11-16(8-13)22(15)19(24)27-20(2,3)4/h6,9,13,15-16H,7-8,10-11H2,1-5H3. The molecule has 2 aliphatic heterocycles. The Kier molecular flexibility index (Phi) is 5.42. The molecule has 1 amide bonds. The SMILES string of the molecule is COc1ncc(C(=O)C2CC3COCC(C2)N3C(=O)OC(C)(C)C)cc1C. The third kappa shape index (κ3) is 4.24. The monoisotopic (exact) mass is 376 g/mol. The summed E-state index contributed by atoms with van der Waals surface area (Å²) in [5, 5.41) is 0. The zero-order valence-corrected chi connectivity index (χ0v) is 16.7. The lowest BCUT2D eigenvalue weighted by Crippen LogP contribution is -2.60. The summed E-state index contributed by atoms with van der Waals surface area (Å²) in [7, 11) is 1.56. The van der Waals surface area contributed by atoms with E-state index in [1.165, 1.54) is 0 Å². The number of Topliss-reactive ketones (excluding diaryl/α,β-unsaturated/α-hetero) is 1. The minimum absolute atomic E-state index is 0.0639. The number of amides is 1. The zero-order chi connectivity index (χ0) is 19.8. The summed E-state index contributed by atoms with van der Waals surface area (Å²) in [6.45, 7) is 8.29. The van der Waals surface area contributed by atoms with Gasteiger partial charge in [-0.05, 0) is 46.6 Å². The number of methoxy groups -OCH3 is 1. The first-order valence-corrected chi connectivity index (χ1v) is 9.33. The number of piperidine rings is 1. The number of pyridine rings is 1. The van der Waals surface area contributed by atoms with Crippen molar-refractivity contribution >= 4 is 11.9 Å². The summed E-state index contributed by atoms with van der Waals surface area (Å²) >= 11 is 0. The summed E-state index contributed by atoms with van der Waals surface area (Å²) in [5.74, 6) is 0.433. The molecule has 7 nitrogen and oxygen atoms in total. The van der Waals surface area contributed by atoms with Crippen LogP contribution in [-0.2, 0) is 9.47 Å². The fourth-order valence-electron chi connectivity index (χ4n) is 3.89. The first-order chi connectivity index (χ1) is 12.7. The van der Waals surface area contributed by atoms with Crippen LogP contribution in [0.1, 0.15) is 49.5 Å². The molecule has 2 saturated heterocycles. The molecular formula is C20H28N2O5. The van der Waals surface area contributed by atoms with Gasteiger partial charge in [0.25, 0.3) is 0 Å². The molecule has 0 N–H and O–H groups in total. The molecule has 0 spiro atoms. The van der Waals surface area contributed by atoms with Crippen molar-refractivity contribution < 1.29 is 23.8 Å². The van der Waals surface area contributed by atoms with Gasteiger partial charge in [0.05, 0.1) is 32.4 Å². The van der Waals surface area contributed by atoms with Crippen molar-refractivity contribution in [3.05, 3.63) is 23.4 Å². The Morgan fingerprint density at radius 3 is 2.37 bits per heavy atom. The summed E-state index contributed by atoms with van der Waals surface area (Å²) in [4.78, 5) is 31.6. The van der Waals surface area contributed by atoms with Crippen LogP contribution in [0.15, 0.2) is 12.3 Å². The average Bonchev–Trinajstić information content (AvgIpc) is 2.58. The molecule has 2 fully saturated rings. The Morgan fingerprint density at radius 2 is 1.85 bits per heavy atom. The maximum Gasteiger partial charge on any atom is 0.410 e. The lowest BCUT2D eigenvalue weighted by molar-refractivity contribution is -0.0861. The number of rotatable bonds is 3. The first-order valence-electron chi connectivity index (χ1n) is 9.33. The smallest absolute Gasteiger partial charge is 0.410 e.